The lowest BCUT2D eigenvalue weighted by Gasteiger charge is -2.34. The Hall–Kier alpha value is -8.28. The van der Waals surface area contributed by atoms with Crippen LogP contribution in [-0.4, -0.2) is 0 Å². The zero-order valence-electron chi connectivity index (χ0n) is 49.0. The summed E-state index contributed by atoms with van der Waals surface area (Å²) in [6.45, 7) is 9.35. The van der Waals surface area contributed by atoms with Crippen LogP contribution in [0.3, 0.4) is 0 Å². The van der Waals surface area contributed by atoms with Gasteiger partial charge in [0.1, 0.15) is 0 Å². The molecule has 0 saturated heterocycles. The van der Waals surface area contributed by atoms with Crippen molar-refractivity contribution in [3.05, 3.63) is 241 Å². The van der Waals surface area contributed by atoms with Crippen LogP contribution >= 0.6 is 22.7 Å². The molecule has 2 nitrogen and oxygen atoms in total. The highest BCUT2D eigenvalue weighted by molar-refractivity contribution is 7.26. The van der Waals surface area contributed by atoms with Gasteiger partial charge in [-0.3, -0.25) is 0 Å². The number of para-hydroxylation sites is 2. The lowest BCUT2D eigenvalue weighted by Crippen LogP contribution is -2.17. The molecule has 0 spiro atoms. The molecule has 84 heavy (non-hydrogen) atoms. The highest BCUT2D eigenvalue weighted by Gasteiger charge is 2.29. The Morgan fingerprint density at radius 3 is 1.11 bits per heavy atom. The molecule has 0 atom stereocenters. The van der Waals surface area contributed by atoms with Gasteiger partial charge in [0.05, 0.1) is 22.7 Å². The zero-order chi connectivity index (χ0) is 56.7. The molecule has 0 aliphatic heterocycles. The largest absolute Gasteiger partial charge is 0.309 e. The highest BCUT2D eigenvalue weighted by atomic mass is 32.1. The predicted molar refractivity (Wildman–Crippen MR) is 371 cm³/mol. The standard InChI is InChI=1S/C80H72N2S2/c1-5-9-25-55-43-47-59(65-35-23-37-67-61-33-19-21-39-73(61)83-79(65)67)63(31-11-7-3)77(55)81(57-27-15-13-16-28-57)71-51-45-53-42-50-70-72(52-46-54-41-49-69(71)75(53)76(54)70)82(58-29-17-14-18-30-58)78-56(26-10-6-2)44-48-60(64(78)32-12-8-4)66-36-24-38-68-62-34-20-22-40-74(62)84-80(66)68/h13-24,27-30,33-52H,5-12,25-26,31-32H2,1-4H3. The maximum Gasteiger partial charge on any atom is 0.0540 e. The first kappa shape index (κ1) is 53.7. The number of benzene rings is 12. The number of thiophene rings is 2. The van der Waals surface area contributed by atoms with Crippen LogP contribution in [-0.2, 0) is 25.7 Å². The van der Waals surface area contributed by atoms with Gasteiger partial charge in [-0.15, -0.1) is 22.7 Å². The molecule has 0 N–H and O–H groups in total. The van der Waals surface area contributed by atoms with Gasteiger partial charge in [0.25, 0.3) is 0 Å². The van der Waals surface area contributed by atoms with Gasteiger partial charge < -0.3 is 9.80 Å². The van der Waals surface area contributed by atoms with Gasteiger partial charge >= 0.3 is 0 Å². The Morgan fingerprint density at radius 1 is 0.298 bits per heavy atom. The second-order valence-electron chi connectivity index (χ2n) is 23.1. The lowest BCUT2D eigenvalue weighted by molar-refractivity contribution is 0.781. The van der Waals surface area contributed by atoms with Crippen LogP contribution in [0.15, 0.2) is 218 Å². The quantitative estimate of drug-likeness (QED) is 0.0702. The monoisotopic (exact) mass is 1120 g/mol. The summed E-state index contributed by atoms with van der Waals surface area (Å²) < 4.78 is 5.42. The average molecular weight is 1130 g/mol. The van der Waals surface area contributed by atoms with Gasteiger partial charge in [-0.1, -0.05) is 223 Å². The van der Waals surface area contributed by atoms with Gasteiger partial charge in [-0.05, 0) is 166 Å². The minimum Gasteiger partial charge on any atom is -0.309 e. The Labute approximate surface area is 503 Å². The van der Waals surface area contributed by atoms with Crippen molar-refractivity contribution >= 4 is 129 Å². The van der Waals surface area contributed by atoms with Crippen LogP contribution in [0.2, 0.25) is 0 Å². The summed E-state index contributed by atoms with van der Waals surface area (Å²) in [5, 5.41) is 13.1. The van der Waals surface area contributed by atoms with Crippen LogP contribution in [0.1, 0.15) is 101 Å². The molecule has 2 heterocycles. The van der Waals surface area contributed by atoms with Crippen LogP contribution in [0.5, 0.6) is 0 Å². The number of aryl methyl sites for hydroxylation is 2. The van der Waals surface area contributed by atoms with E-state index in [0.717, 1.165) is 77.0 Å². The van der Waals surface area contributed by atoms with E-state index in [9.17, 15) is 0 Å². The topological polar surface area (TPSA) is 6.48 Å². The van der Waals surface area contributed by atoms with Gasteiger partial charge in [-0.2, -0.15) is 0 Å². The summed E-state index contributed by atoms with van der Waals surface area (Å²) in [6, 6.07) is 83.8. The summed E-state index contributed by atoms with van der Waals surface area (Å²) in [5.74, 6) is 0. The van der Waals surface area contributed by atoms with Gasteiger partial charge in [0.2, 0.25) is 0 Å². The third-order valence-corrected chi connectivity index (χ3v) is 20.3. The number of anilines is 6. The molecule has 0 saturated carbocycles. The molecule has 0 fully saturated rings. The molecule has 4 heteroatoms. The fourth-order valence-corrected chi connectivity index (χ4v) is 16.3. The summed E-state index contributed by atoms with van der Waals surface area (Å²) in [7, 11) is 0. The third-order valence-electron chi connectivity index (χ3n) is 17.9. The Bertz CT molecular complexity index is 4380. The maximum atomic E-state index is 2.68. The number of unbranched alkanes of at least 4 members (excludes halogenated alkanes) is 4. The molecule has 0 aliphatic carbocycles. The molecule has 0 bridgehead atoms. The van der Waals surface area contributed by atoms with E-state index in [1.807, 2.05) is 22.7 Å². The highest BCUT2D eigenvalue weighted by Crippen LogP contribution is 2.53. The number of nitrogens with zero attached hydrogens (tertiary/aromatic N) is 2. The summed E-state index contributed by atoms with van der Waals surface area (Å²) in [4.78, 5) is 5.35. The normalized spacial score (nSPS) is 11.9. The van der Waals surface area contributed by atoms with E-state index in [0.29, 0.717) is 0 Å². The molecular formula is C80H72N2S2. The first-order valence-electron chi connectivity index (χ1n) is 31.1. The summed E-state index contributed by atoms with van der Waals surface area (Å²) in [6.07, 6.45) is 12.9. The second kappa shape index (κ2) is 23.4. The predicted octanol–water partition coefficient (Wildman–Crippen LogP) is 25.0. The molecule has 0 amide bonds. The first-order valence-corrected chi connectivity index (χ1v) is 32.7. The van der Waals surface area contributed by atoms with Crippen molar-refractivity contribution in [3.63, 3.8) is 0 Å². The molecule has 0 unspecified atom stereocenters. The van der Waals surface area contributed by atoms with Crippen molar-refractivity contribution in [2.45, 2.75) is 105 Å². The SMILES string of the molecule is CCCCc1ccc(-c2cccc3c2sc2ccccc23)c(CCCC)c1N(c1ccccc1)c1ccc2ccc3c(N(c4ccccc4)c4c(CCCC)ccc(-c5cccc6c5sc5ccccc56)c4CCCC)ccc4ccc1c2c43. The fourth-order valence-electron chi connectivity index (χ4n) is 13.8. The fraction of sp³-hybridized carbons (Fsp3) is 0.200. The van der Waals surface area contributed by atoms with Crippen molar-refractivity contribution in [1.82, 2.24) is 0 Å². The molecule has 14 rings (SSSR count). The second-order valence-corrected chi connectivity index (χ2v) is 25.2. The lowest BCUT2D eigenvalue weighted by atomic mass is 9.87. The van der Waals surface area contributed by atoms with Crippen LogP contribution in [0.4, 0.5) is 34.1 Å². The molecular weight excluding hydrogens is 1050 g/mol. The van der Waals surface area contributed by atoms with Crippen molar-refractivity contribution in [1.29, 1.82) is 0 Å². The first-order chi connectivity index (χ1) is 41.6. The van der Waals surface area contributed by atoms with E-state index in [1.54, 1.807) is 0 Å². The zero-order valence-corrected chi connectivity index (χ0v) is 50.6. The summed E-state index contributed by atoms with van der Waals surface area (Å²) >= 11 is 3.88. The smallest absolute Gasteiger partial charge is 0.0540 e. The minimum atomic E-state index is 0.983. The van der Waals surface area contributed by atoms with E-state index in [2.05, 4.69) is 256 Å². The van der Waals surface area contributed by atoms with Gasteiger partial charge in [-0.25, -0.2) is 0 Å². The van der Waals surface area contributed by atoms with Crippen LogP contribution < -0.4 is 9.80 Å². The van der Waals surface area contributed by atoms with E-state index in [4.69, 9.17) is 0 Å². The number of rotatable bonds is 20. The van der Waals surface area contributed by atoms with E-state index >= 15 is 0 Å². The van der Waals surface area contributed by atoms with E-state index < -0.39 is 0 Å². The molecule has 414 valence electrons. The van der Waals surface area contributed by atoms with Crippen molar-refractivity contribution in [2.24, 2.45) is 0 Å². The molecule has 12 aromatic carbocycles. The Balaban J connectivity index is 1.03. The molecule has 0 aliphatic rings. The Kier molecular flexibility index (Phi) is 15.0. The number of hydrogen-bond donors (Lipinski definition) is 0. The van der Waals surface area contributed by atoms with Gasteiger partial charge in [0.15, 0.2) is 0 Å². The third kappa shape index (κ3) is 9.39. The minimum absolute atomic E-state index is 0.983. The average Bonchev–Trinajstić information content (AvgIpc) is 1.80. The van der Waals surface area contributed by atoms with Crippen LogP contribution in [0, 0.1) is 0 Å². The van der Waals surface area contributed by atoms with E-state index in [-0.39, 0.29) is 0 Å². The maximum absolute atomic E-state index is 2.68. The summed E-state index contributed by atoms with van der Waals surface area (Å²) in [5.41, 5.74) is 18.5. The number of hydrogen-bond acceptors (Lipinski definition) is 4. The van der Waals surface area contributed by atoms with Crippen molar-refractivity contribution in [3.8, 4) is 22.3 Å². The molecule has 0 radical (unpaired) electrons. The molecule has 2 aromatic heterocycles. The van der Waals surface area contributed by atoms with Crippen LogP contribution in [0.25, 0.3) is 94.9 Å². The van der Waals surface area contributed by atoms with Crippen molar-refractivity contribution in [2.75, 3.05) is 9.80 Å². The number of fused-ring (bicyclic) bond motifs is 6. The molecule has 14 aromatic rings. The van der Waals surface area contributed by atoms with Gasteiger partial charge in [0, 0.05) is 62.5 Å². The van der Waals surface area contributed by atoms with Crippen molar-refractivity contribution < 1.29 is 0 Å². The Morgan fingerprint density at radius 2 is 0.679 bits per heavy atom. The van der Waals surface area contributed by atoms with E-state index in [1.165, 1.54) is 151 Å².